The maximum atomic E-state index is 13.1. The molecule has 1 saturated carbocycles. The summed E-state index contributed by atoms with van der Waals surface area (Å²) in [6.45, 7) is 4.52. The number of anilines is 1. The Balaban J connectivity index is 0.000000383. The Morgan fingerprint density at radius 3 is 2.30 bits per heavy atom. The van der Waals surface area contributed by atoms with Gasteiger partial charge in [-0.15, -0.1) is 0 Å². The molecule has 0 aromatic heterocycles. The molecule has 1 heterocycles. The molecule has 174 valence electrons. The van der Waals surface area contributed by atoms with Crippen LogP contribution in [0, 0.1) is 0 Å². The highest BCUT2D eigenvalue weighted by Gasteiger charge is 2.30. The van der Waals surface area contributed by atoms with Crippen molar-refractivity contribution < 1.29 is 28.7 Å². The van der Waals surface area contributed by atoms with Crippen molar-refractivity contribution in [2.75, 3.05) is 11.4 Å². The van der Waals surface area contributed by atoms with E-state index in [1.807, 2.05) is 24.3 Å². The molecular weight excluding hydrogens is 490 g/mol. The normalized spacial score (nSPS) is 14.5. The SMILES string of the molecule is CC(=O)OC(C)=O.CC(=O)OCc1c(Br)cccc1N1CCc2cc(C3CC3)ccc2C1=O. The molecular formula is C25H26BrNO6. The van der Waals surface area contributed by atoms with Crippen LogP contribution in [0.1, 0.15) is 66.6 Å². The van der Waals surface area contributed by atoms with E-state index >= 15 is 0 Å². The molecule has 2 aliphatic rings. The van der Waals surface area contributed by atoms with Crippen LogP contribution in [0.3, 0.4) is 0 Å². The van der Waals surface area contributed by atoms with Gasteiger partial charge in [-0.2, -0.15) is 0 Å². The lowest BCUT2D eigenvalue weighted by molar-refractivity contribution is -0.156. The van der Waals surface area contributed by atoms with E-state index < -0.39 is 11.9 Å². The Morgan fingerprint density at radius 2 is 1.73 bits per heavy atom. The van der Waals surface area contributed by atoms with Crippen molar-refractivity contribution in [1.82, 2.24) is 0 Å². The third kappa shape index (κ3) is 6.51. The van der Waals surface area contributed by atoms with E-state index in [9.17, 15) is 19.2 Å². The number of amides is 1. The molecule has 7 nitrogen and oxygen atoms in total. The van der Waals surface area contributed by atoms with Gasteiger partial charge in [0.15, 0.2) is 0 Å². The summed E-state index contributed by atoms with van der Waals surface area (Å²) >= 11 is 3.52. The lowest BCUT2D eigenvalue weighted by Crippen LogP contribution is -2.38. The predicted molar refractivity (Wildman–Crippen MR) is 126 cm³/mol. The van der Waals surface area contributed by atoms with Crippen LogP contribution >= 0.6 is 15.9 Å². The van der Waals surface area contributed by atoms with Gasteiger partial charge in [0.05, 0.1) is 5.69 Å². The van der Waals surface area contributed by atoms with Crippen LogP contribution < -0.4 is 4.90 Å². The van der Waals surface area contributed by atoms with Gasteiger partial charge >= 0.3 is 17.9 Å². The zero-order valence-corrected chi connectivity index (χ0v) is 20.4. The summed E-state index contributed by atoms with van der Waals surface area (Å²) in [5, 5.41) is 0. The summed E-state index contributed by atoms with van der Waals surface area (Å²) in [6.07, 6.45) is 3.36. The van der Waals surface area contributed by atoms with Crippen molar-refractivity contribution in [2.24, 2.45) is 0 Å². The van der Waals surface area contributed by atoms with Gasteiger partial charge in [-0.1, -0.05) is 34.1 Å². The Hall–Kier alpha value is -3.00. The summed E-state index contributed by atoms with van der Waals surface area (Å²) < 4.78 is 9.99. The first kappa shape index (κ1) is 24.6. The van der Waals surface area contributed by atoms with E-state index in [1.165, 1.54) is 39.2 Å². The van der Waals surface area contributed by atoms with Crippen molar-refractivity contribution >= 4 is 45.4 Å². The summed E-state index contributed by atoms with van der Waals surface area (Å²) in [5.41, 5.74) is 4.89. The van der Waals surface area contributed by atoms with Crippen LogP contribution in [-0.2, 0) is 36.9 Å². The van der Waals surface area contributed by atoms with Gasteiger partial charge in [0.25, 0.3) is 5.91 Å². The van der Waals surface area contributed by atoms with E-state index in [4.69, 9.17) is 4.74 Å². The number of hydrogen-bond acceptors (Lipinski definition) is 6. The number of fused-ring (bicyclic) bond motifs is 1. The number of esters is 3. The molecule has 33 heavy (non-hydrogen) atoms. The second kappa shape index (κ2) is 10.7. The summed E-state index contributed by atoms with van der Waals surface area (Å²) in [7, 11) is 0. The van der Waals surface area contributed by atoms with Crippen molar-refractivity contribution in [3.8, 4) is 0 Å². The van der Waals surface area contributed by atoms with Gasteiger partial charge < -0.3 is 14.4 Å². The number of rotatable bonds is 4. The van der Waals surface area contributed by atoms with E-state index in [0.717, 1.165) is 33.3 Å². The first-order valence-electron chi connectivity index (χ1n) is 10.7. The topological polar surface area (TPSA) is 90.0 Å². The molecule has 2 aromatic carbocycles. The predicted octanol–water partition coefficient (Wildman–Crippen LogP) is 4.69. The van der Waals surface area contributed by atoms with E-state index in [2.05, 4.69) is 32.8 Å². The Bertz CT molecular complexity index is 1080. The fourth-order valence-electron chi connectivity index (χ4n) is 3.73. The lowest BCUT2D eigenvalue weighted by Gasteiger charge is -2.31. The molecule has 0 atom stereocenters. The van der Waals surface area contributed by atoms with Gasteiger partial charge in [-0.05, 0) is 54.5 Å². The van der Waals surface area contributed by atoms with Gasteiger partial charge in [0.2, 0.25) is 0 Å². The Labute approximate surface area is 201 Å². The zero-order valence-electron chi connectivity index (χ0n) is 18.9. The Morgan fingerprint density at radius 1 is 1.03 bits per heavy atom. The number of benzene rings is 2. The van der Waals surface area contributed by atoms with Crippen LogP contribution in [0.4, 0.5) is 5.69 Å². The van der Waals surface area contributed by atoms with Crippen molar-refractivity contribution in [2.45, 2.75) is 52.6 Å². The zero-order chi connectivity index (χ0) is 24.1. The average Bonchev–Trinajstić information content (AvgIpc) is 3.58. The van der Waals surface area contributed by atoms with Crippen molar-refractivity contribution in [1.29, 1.82) is 0 Å². The molecule has 1 fully saturated rings. The highest BCUT2D eigenvalue weighted by atomic mass is 79.9. The molecule has 0 N–H and O–H groups in total. The second-order valence-corrected chi connectivity index (χ2v) is 8.85. The first-order valence-corrected chi connectivity index (χ1v) is 11.5. The fraction of sp³-hybridized carbons (Fsp3) is 0.360. The molecule has 1 aliphatic heterocycles. The second-order valence-electron chi connectivity index (χ2n) is 8.00. The minimum absolute atomic E-state index is 0.00997. The van der Waals surface area contributed by atoms with E-state index in [1.54, 1.807) is 4.90 Å². The van der Waals surface area contributed by atoms with Gasteiger partial charge in [0.1, 0.15) is 6.61 Å². The van der Waals surface area contributed by atoms with Gasteiger partial charge in [-0.25, -0.2) is 0 Å². The smallest absolute Gasteiger partial charge is 0.310 e. The molecule has 1 aliphatic carbocycles. The quantitative estimate of drug-likeness (QED) is 0.433. The largest absolute Gasteiger partial charge is 0.461 e. The third-order valence-corrected chi connectivity index (χ3v) is 6.09. The molecule has 0 unspecified atom stereocenters. The highest BCUT2D eigenvalue weighted by molar-refractivity contribution is 9.10. The average molecular weight is 516 g/mol. The lowest BCUT2D eigenvalue weighted by atomic mass is 9.94. The van der Waals surface area contributed by atoms with Crippen molar-refractivity contribution in [3.05, 3.63) is 63.1 Å². The molecule has 0 radical (unpaired) electrons. The number of nitrogens with zero attached hydrogens (tertiary/aromatic N) is 1. The number of hydrogen-bond donors (Lipinski definition) is 0. The number of ether oxygens (including phenoxy) is 2. The highest BCUT2D eigenvalue weighted by Crippen LogP contribution is 2.41. The van der Waals surface area contributed by atoms with Gasteiger partial charge in [0, 0.05) is 42.9 Å². The number of carbonyl (C=O) groups excluding carboxylic acids is 4. The summed E-state index contributed by atoms with van der Waals surface area (Å²) in [4.78, 5) is 45.8. The maximum Gasteiger partial charge on any atom is 0.310 e. The van der Waals surface area contributed by atoms with E-state index in [0.29, 0.717) is 12.5 Å². The molecule has 2 aromatic rings. The van der Waals surface area contributed by atoms with Gasteiger partial charge in [-0.3, -0.25) is 19.2 Å². The summed E-state index contributed by atoms with van der Waals surface area (Å²) in [6, 6.07) is 12.0. The minimum atomic E-state index is -0.562. The number of halogens is 1. The van der Waals surface area contributed by atoms with E-state index in [-0.39, 0.29) is 18.5 Å². The fourth-order valence-corrected chi connectivity index (χ4v) is 4.20. The monoisotopic (exact) mass is 515 g/mol. The van der Waals surface area contributed by atoms with Crippen molar-refractivity contribution in [3.63, 3.8) is 0 Å². The first-order chi connectivity index (χ1) is 15.7. The van der Waals surface area contributed by atoms with Crippen LogP contribution in [-0.4, -0.2) is 30.4 Å². The van der Waals surface area contributed by atoms with Crippen LogP contribution in [0.2, 0.25) is 0 Å². The molecule has 0 saturated heterocycles. The Kier molecular flexibility index (Phi) is 8.02. The molecule has 1 amide bonds. The molecule has 8 heteroatoms. The molecule has 0 bridgehead atoms. The molecule has 0 spiro atoms. The molecule has 4 rings (SSSR count). The van der Waals surface area contributed by atoms with Crippen LogP contribution in [0.25, 0.3) is 0 Å². The summed E-state index contributed by atoms with van der Waals surface area (Å²) in [5.74, 6) is -0.765. The van der Waals surface area contributed by atoms with Crippen LogP contribution in [0.5, 0.6) is 0 Å². The van der Waals surface area contributed by atoms with Crippen LogP contribution in [0.15, 0.2) is 40.9 Å². The maximum absolute atomic E-state index is 13.1. The number of carbonyl (C=O) groups is 4. The third-order valence-electron chi connectivity index (χ3n) is 5.35. The minimum Gasteiger partial charge on any atom is -0.461 e. The standard InChI is InChI=1S/C21H20BrNO3.C4H6O3/c1-13(24)26-12-18-19(22)3-2-4-20(18)23-10-9-16-11-15(14-5-6-14)7-8-17(16)21(23)25;1-3(5)7-4(2)6/h2-4,7-8,11,14H,5-6,9-10,12H2,1H3;1-2H3.